The molecule has 0 amide bonds. The molecule has 2 rings (SSSR count). The number of halogens is 2. The second kappa shape index (κ2) is 6.11. The maximum absolute atomic E-state index is 6.22. The fraction of sp³-hybridized carbons (Fsp3) is 0.417. The van der Waals surface area contributed by atoms with Crippen LogP contribution in [-0.4, -0.2) is 19.7 Å². The van der Waals surface area contributed by atoms with Crippen molar-refractivity contribution in [3.05, 3.63) is 39.1 Å². The molecular weight excluding hydrogens is 374 g/mol. The molecule has 0 fully saturated rings. The van der Waals surface area contributed by atoms with Crippen molar-refractivity contribution in [3.8, 4) is 0 Å². The minimum Gasteiger partial charge on any atom is -0.322 e. The van der Waals surface area contributed by atoms with Crippen LogP contribution in [0.3, 0.4) is 0 Å². The van der Waals surface area contributed by atoms with E-state index >= 15 is 0 Å². The van der Waals surface area contributed by atoms with Gasteiger partial charge in [0, 0.05) is 27.6 Å². The minimum atomic E-state index is -0.218. The predicted octanol–water partition coefficient (Wildman–Crippen LogP) is 3.02. The molecule has 1 unspecified atom stereocenters. The Labute approximate surface area is 128 Å². The largest absolute Gasteiger partial charge is 0.322 e. The lowest BCUT2D eigenvalue weighted by Gasteiger charge is -2.14. The molecule has 2 N–H and O–H groups in total. The number of rotatable bonds is 4. The third-order valence-electron chi connectivity index (χ3n) is 2.73. The molecule has 2 aromatic heterocycles. The molecule has 0 radical (unpaired) electrons. The van der Waals surface area contributed by atoms with Crippen molar-refractivity contribution < 1.29 is 0 Å². The number of hydrogen-bond donors (Lipinski definition) is 1. The maximum Gasteiger partial charge on any atom is 0.138 e. The molecule has 102 valence electrons. The fourth-order valence-corrected chi connectivity index (χ4v) is 3.12. The third-order valence-corrected chi connectivity index (χ3v) is 3.80. The van der Waals surface area contributed by atoms with E-state index in [2.05, 4.69) is 60.8 Å². The number of pyridine rings is 1. The first-order valence-corrected chi connectivity index (χ1v) is 7.52. The van der Waals surface area contributed by atoms with E-state index < -0.39 is 0 Å². The topological polar surface area (TPSA) is 69.6 Å². The van der Waals surface area contributed by atoms with Crippen molar-refractivity contribution >= 4 is 31.9 Å². The molecule has 0 saturated heterocycles. The molecule has 0 aliphatic heterocycles. The quantitative estimate of drug-likeness (QED) is 0.873. The van der Waals surface area contributed by atoms with Crippen molar-refractivity contribution in [2.24, 2.45) is 5.73 Å². The van der Waals surface area contributed by atoms with Crippen LogP contribution in [0.1, 0.15) is 37.4 Å². The molecule has 5 nitrogen and oxygen atoms in total. The number of nitrogens with two attached hydrogens (primary N) is 1. The van der Waals surface area contributed by atoms with Gasteiger partial charge in [-0.25, -0.2) is 9.67 Å². The maximum atomic E-state index is 6.22. The highest BCUT2D eigenvalue weighted by molar-refractivity contribution is 9.11. The highest BCUT2D eigenvalue weighted by atomic mass is 79.9. The molecule has 0 aliphatic carbocycles. The van der Waals surface area contributed by atoms with Crippen LogP contribution in [-0.2, 0) is 6.42 Å². The molecule has 2 heterocycles. The summed E-state index contributed by atoms with van der Waals surface area (Å²) in [4.78, 5) is 8.63. The summed E-state index contributed by atoms with van der Waals surface area (Å²) in [5.74, 6) is 0.874. The molecule has 0 aromatic carbocycles. The lowest BCUT2D eigenvalue weighted by Crippen LogP contribution is -2.19. The zero-order valence-corrected chi connectivity index (χ0v) is 13.9. The number of aromatic nitrogens is 4. The summed E-state index contributed by atoms with van der Waals surface area (Å²) in [6.07, 6.45) is 3.91. The van der Waals surface area contributed by atoms with Crippen LogP contribution in [0.2, 0.25) is 0 Å². The van der Waals surface area contributed by atoms with Gasteiger partial charge in [-0.3, -0.25) is 4.98 Å². The first-order valence-electron chi connectivity index (χ1n) is 5.94. The molecule has 1 atom stereocenters. The van der Waals surface area contributed by atoms with Crippen LogP contribution in [0, 0.1) is 0 Å². The van der Waals surface area contributed by atoms with Gasteiger partial charge in [0.25, 0.3) is 0 Å². The lowest BCUT2D eigenvalue weighted by atomic mass is 10.1. The highest BCUT2D eigenvalue weighted by Crippen LogP contribution is 2.25. The van der Waals surface area contributed by atoms with E-state index in [1.54, 1.807) is 12.5 Å². The second-order valence-corrected chi connectivity index (χ2v) is 6.32. The van der Waals surface area contributed by atoms with E-state index in [1.807, 2.05) is 10.7 Å². The van der Waals surface area contributed by atoms with Gasteiger partial charge in [0.2, 0.25) is 0 Å². The Morgan fingerprint density at radius 3 is 2.68 bits per heavy atom. The van der Waals surface area contributed by atoms with Gasteiger partial charge in [-0.15, -0.1) is 0 Å². The summed E-state index contributed by atoms with van der Waals surface area (Å²) in [5, 5.41) is 4.21. The highest BCUT2D eigenvalue weighted by Gasteiger charge is 2.17. The molecule has 0 bridgehead atoms. The predicted molar refractivity (Wildman–Crippen MR) is 80.7 cm³/mol. The number of nitrogens with zero attached hydrogens (tertiary/aromatic N) is 4. The fourth-order valence-electron chi connectivity index (χ4n) is 1.84. The van der Waals surface area contributed by atoms with Gasteiger partial charge in [0.05, 0.1) is 11.7 Å². The van der Waals surface area contributed by atoms with Crippen LogP contribution < -0.4 is 5.73 Å². The van der Waals surface area contributed by atoms with Crippen molar-refractivity contribution in [2.45, 2.75) is 32.4 Å². The van der Waals surface area contributed by atoms with Gasteiger partial charge in [0.1, 0.15) is 12.2 Å². The van der Waals surface area contributed by atoms with E-state index in [0.717, 1.165) is 20.5 Å². The van der Waals surface area contributed by atoms with Crippen LogP contribution in [0.15, 0.2) is 27.5 Å². The zero-order valence-electron chi connectivity index (χ0n) is 10.7. The molecule has 2 aromatic rings. The van der Waals surface area contributed by atoms with Crippen molar-refractivity contribution in [3.63, 3.8) is 0 Å². The molecule has 0 aliphatic rings. The van der Waals surface area contributed by atoms with Crippen LogP contribution in [0.5, 0.6) is 0 Å². The minimum absolute atomic E-state index is 0.218. The normalized spacial score (nSPS) is 12.9. The molecule has 7 heteroatoms. The van der Waals surface area contributed by atoms with Gasteiger partial charge in [-0.2, -0.15) is 5.10 Å². The third kappa shape index (κ3) is 3.40. The van der Waals surface area contributed by atoms with Gasteiger partial charge >= 0.3 is 0 Å². The van der Waals surface area contributed by atoms with Crippen molar-refractivity contribution in [2.75, 3.05) is 0 Å². The Morgan fingerprint density at radius 2 is 2.05 bits per heavy atom. The summed E-state index contributed by atoms with van der Waals surface area (Å²) in [5.41, 5.74) is 7.04. The van der Waals surface area contributed by atoms with Crippen molar-refractivity contribution in [1.82, 2.24) is 19.7 Å². The van der Waals surface area contributed by atoms with E-state index in [0.29, 0.717) is 6.42 Å². The Balaban J connectivity index is 2.21. The zero-order chi connectivity index (χ0) is 14.0. The van der Waals surface area contributed by atoms with Gasteiger partial charge in [-0.1, -0.05) is 0 Å². The first-order chi connectivity index (χ1) is 8.99. The van der Waals surface area contributed by atoms with Crippen molar-refractivity contribution in [1.29, 1.82) is 0 Å². The Bertz CT molecular complexity index is 567. The molecule has 19 heavy (non-hydrogen) atoms. The second-order valence-electron chi connectivity index (χ2n) is 4.55. The van der Waals surface area contributed by atoms with Crippen LogP contribution >= 0.6 is 31.9 Å². The van der Waals surface area contributed by atoms with Crippen LogP contribution in [0.4, 0.5) is 0 Å². The van der Waals surface area contributed by atoms with E-state index in [1.165, 1.54) is 0 Å². The van der Waals surface area contributed by atoms with E-state index in [4.69, 9.17) is 5.73 Å². The number of hydrogen-bond acceptors (Lipinski definition) is 4. The standard InChI is InChI=1S/C12H15Br2N5/c1-7(2)19-11(17-6-18-19)4-10(15)12-9(14)3-8(13)5-16-12/h3,5-7,10H,4,15H2,1-2H3. The molecule has 0 spiro atoms. The average molecular weight is 389 g/mol. The summed E-state index contributed by atoms with van der Waals surface area (Å²) in [6, 6.07) is 1.99. The van der Waals surface area contributed by atoms with E-state index in [-0.39, 0.29) is 12.1 Å². The summed E-state index contributed by atoms with van der Waals surface area (Å²) in [6.45, 7) is 4.13. The summed E-state index contributed by atoms with van der Waals surface area (Å²) >= 11 is 6.86. The molecule has 0 saturated carbocycles. The Kier molecular flexibility index (Phi) is 4.70. The Morgan fingerprint density at radius 1 is 1.32 bits per heavy atom. The smallest absolute Gasteiger partial charge is 0.138 e. The van der Waals surface area contributed by atoms with Gasteiger partial charge in [-0.05, 0) is 51.8 Å². The monoisotopic (exact) mass is 387 g/mol. The summed E-state index contributed by atoms with van der Waals surface area (Å²) < 4.78 is 3.69. The lowest BCUT2D eigenvalue weighted by molar-refractivity contribution is 0.491. The Hall–Kier alpha value is -0.790. The first kappa shape index (κ1) is 14.6. The SMILES string of the molecule is CC(C)n1ncnc1CC(N)c1ncc(Br)cc1Br. The van der Waals surface area contributed by atoms with Crippen LogP contribution in [0.25, 0.3) is 0 Å². The van der Waals surface area contributed by atoms with Gasteiger partial charge in [0.15, 0.2) is 0 Å². The molecular formula is C12H15Br2N5. The average Bonchev–Trinajstić information content (AvgIpc) is 2.76. The summed E-state index contributed by atoms with van der Waals surface area (Å²) in [7, 11) is 0. The van der Waals surface area contributed by atoms with Gasteiger partial charge < -0.3 is 5.73 Å². The van der Waals surface area contributed by atoms with E-state index in [9.17, 15) is 0 Å².